The maximum Gasteiger partial charge on any atom is 0.407 e. The normalized spacial score (nSPS) is 13.4. The van der Waals surface area contributed by atoms with E-state index < -0.39 is 23.6 Å². The first-order valence-corrected chi connectivity index (χ1v) is 10.1. The van der Waals surface area contributed by atoms with Crippen molar-refractivity contribution in [2.24, 2.45) is 11.8 Å². The molecule has 162 valence electrons. The molecule has 0 saturated carbocycles. The number of amides is 3. The summed E-state index contributed by atoms with van der Waals surface area (Å²) < 4.78 is 5.18. The molecule has 0 aliphatic heterocycles. The van der Waals surface area contributed by atoms with Crippen molar-refractivity contribution in [2.45, 2.75) is 53.2 Å². The fourth-order valence-electron chi connectivity index (χ4n) is 2.43. The zero-order valence-corrected chi connectivity index (χ0v) is 18.7. The SMILES string of the molecule is CC(C)[C@H](NC(=O)c1ccccc1Cl)C(=O)NC[C@H](C)CNC(=O)OC(C)(C)C. The van der Waals surface area contributed by atoms with E-state index in [2.05, 4.69) is 16.0 Å². The summed E-state index contributed by atoms with van der Waals surface area (Å²) in [5.41, 5.74) is -0.242. The Labute approximate surface area is 177 Å². The smallest absolute Gasteiger partial charge is 0.407 e. The average Bonchev–Trinajstić information content (AvgIpc) is 2.61. The highest BCUT2D eigenvalue weighted by atomic mass is 35.5. The number of halogens is 1. The van der Waals surface area contributed by atoms with Crippen molar-refractivity contribution in [3.63, 3.8) is 0 Å². The topological polar surface area (TPSA) is 96.5 Å². The number of hydrogen-bond donors (Lipinski definition) is 3. The van der Waals surface area contributed by atoms with Gasteiger partial charge in [-0.1, -0.05) is 44.5 Å². The first-order valence-electron chi connectivity index (χ1n) is 9.70. The molecule has 3 amide bonds. The lowest BCUT2D eigenvalue weighted by Crippen LogP contribution is -2.51. The molecule has 29 heavy (non-hydrogen) atoms. The van der Waals surface area contributed by atoms with Crippen LogP contribution in [-0.2, 0) is 9.53 Å². The van der Waals surface area contributed by atoms with Crippen LogP contribution in [0.15, 0.2) is 24.3 Å². The molecule has 0 bridgehead atoms. The predicted molar refractivity (Wildman–Crippen MR) is 114 cm³/mol. The van der Waals surface area contributed by atoms with Crippen LogP contribution in [0.5, 0.6) is 0 Å². The lowest BCUT2D eigenvalue weighted by molar-refractivity contribution is -0.124. The highest BCUT2D eigenvalue weighted by Gasteiger charge is 2.25. The number of hydrogen-bond acceptors (Lipinski definition) is 4. The van der Waals surface area contributed by atoms with Gasteiger partial charge in [0.1, 0.15) is 11.6 Å². The third kappa shape index (κ3) is 9.17. The fraction of sp³-hybridized carbons (Fsp3) is 0.571. The molecule has 1 aromatic rings. The van der Waals surface area contributed by atoms with E-state index in [4.69, 9.17) is 16.3 Å². The molecule has 2 atom stereocenters. The van der Waals surface area contributed by atoms with Crippen LogP contribution in [-0.4, -0.2) is 42.6 Å². The van der Waals surface area contributed by atoms with Crippen LogP contribution in [0.4, 0.5) is 4.79 Å². The van der Waals surface area contributed by atoms with E-state index in [9.17, 15) is 14.4 Å². The minimum Gasteiger partial charge on any atom is -0.444 e. The summed E-state index contributed by atoms with van der Waals surface area (Å²) >= 11 is 6.06. The summed E-state index contributed by atoms with van der Waals surface area (Å²) in [6.45, 7) is 11.7. The zero-order valence-electron chi connectivity index (χ0n) is 18.0. The Kier molecular flexibility index (Phi) is 9.43. The van der Waals surface area contributed by atoms with Crippen molar-refractivity contribution >= 4 is 29.5 Å². The van der Waals surface area contributed by atoms with Gasteiger partial charge in [-0.15, -0.1) is 0 Å². The van der Waals surface area contributed by atoms with Gasteiger partial charge in [0.15, 0.2) is 0 Å². The van der Waals surface area contributed by atoms with E-state index in [0.29, 0.717) is 23.7 Å². The second kappa shape index (κ2) is 11.0. The minimum atomic E-state index is -0.704. The van der Waals surface area contributed by atoms with Gasteiger partial charge in [0.25, 0.3) is 5.91 Å². The molecule has 7 nitrogen and oxygen atoms in total. The Morgan fingerprint density at radius 3 is 2.17 bits per heavy atom. The second-order valence-corrected chi connectivity index (χ2v) is 8.82. The van der Waals surface area contributed by atoms with Gasteiger partial charge >= 0.3 is 6.09 Å². The largest absolute Gasteiger partial charge is 0.444 e. The predicted octanol–water partition coefficient (Wildman–Crippen LogP) is 3.37. The Morgan fingerprint density at radius 1 is 1.03 bits per heavy atom. The summed E-state index contributed by atoms with van der Waals surface area (Å²) in [4.78, 5) is 36.8. The van der Waals surface area contributed by atoms with E-state index in [1.54, 1.807) is 45.0 Å². The first-order chi connectivity index (χ1) is 13.4. The third-order valence-electron chi connectivity index (χ3n) is 3.97. The van der Waals surface area contributed by atoms with Gasteiger partial charge in [-0.3, -0.25) is 9.59 Å². The van der Waals surface area contributed by atoms with Gasteiger partial charge in [0.2, 0.25) is 5.91 Å². The second-order valence-electron chi connectivity index (χ2n) is 8.41. The number of alkyl carbamates (subject to hydrolysis) is 1. The molecule has 0 aliphatic carbocycles. The number of carbonyl (C=O) groups is 3. The van der Waals surface area contributed by atoms with E-state index in [-0.39, 0.29) is 17.7 Å². The van der Waals surface area contributed by atoms with Crippen molar-refractivity contribution < 1.29 is 19.1 Å². The molecule has 0 radical (unpaired) electrons. The van der Waals surface area contributed by atoms with Gasteiger partial charge in [0.05, 0.1) is 10.6 Å². The van der Waals surface area contributed by atoms with E-state index in [1.165, 1.54) is 0 Å². The summed E-state index contributed by atoms with van der Waals surface area (Å²) in [6, 6.07) is 5.98. The van der Waals surface area contributed by atoms with Gasteiger partial charge in [-0.05, 0) is 44.7 Å². The van der Waals surface area contributed by atoms with Gasteiger partial charge in [-0.2, -0.15) is 0 Å². The number of nitrogens with one attached hydrogen (secondary N) is 3. The number of benzene rings is 1. The third-order valence-corrected chi connectivity index (χ3v) is 4.30. The van der Waals surface area contributed by atoms with E-state index in [1.807, 2.05) is 20.8 Å². The van der Waals surface area contributed by atoms with Crippen LogP contribution in [0.25, 0.3) is 0 Å². The number of rotatable bonds is 8. The molecule has 8 heteroatoms. The molecule has 0 unspecified atom stereocenters. The molecule has 0 aliphatic rings. The van der Waals surface area contributed by atoms with Crippen LogP contribution in [0.1, 0.15) is 51.9 Å². The van der Waals surface area contributed by atoms with Crippen molar-refractivity contribution in [1.29, 1.82) is 0 Å². The quantitative estimate of drug-likeness (QED) is 0.594. The standard InChI is InChI=1S/C21H32ClN3O4/c1-13(2)17(25-18(26)15-9-7-8-10-16(15)22)19(27)23-11-14(3)12-24-20(28)29-21(4,5)6/h7-10,13-14,17H,11-12H2,1-6H3,(H,23,27)(H,24,28)(H,25,26)/t14-,17-/m0/s1. The summed E-state index contributed by atoms with van der Waals surface area (Å²) in [5, 5.41) is 8.58. The Bertz CT molecular complexity index is 716. The lowest BCUT2D eigenvalue weighted by atomic mass is 10.0. The molecule has 0 saturated heterocycles. The van der Waals surface area contributed by atoms with Crippen LogP contribution in [0.3, 0.4) is 0 Å². The highest BCUT2D eigenvalue weighted by Crippen LogP contribution is 2.15. The van der Waals surface area contributed by atoms with Crippen molar-refractivity contribution in [3.05, 3.63) is 34.9 Å². The molecular weight excluding hydrogens is 394 g/mol. The van der Waals surface area contributed by atoms with Crippen molar-refractivity contribution in [2.75, 3.05) is 13.1 Å². The number of ether oxygens (including phenoxy) is 1. The summed E-state index contributed by atoms with van der Waals surface area (Å²) in [5.74, 6) is -0.816. The number of carbonyl (C=O) groups excluding carboxylic acids is 3. The Balaban J connectivity index is 2.55. The van der Waals surface area contributed by atoms with E-state index >= 15 is 0 Å². The zero-order chi connectivity index (χ0) is 22.2. The maximum atomic E-state index is 12.6. The molecule has 0 heterocycles. The van der Waals surface area contributed by atoms with Gasteiger partial charge in [0, 0.05) is 13.1 Å². The van der Waals surface area contributed by atoms with Crippen LogP contribution < -0.4 is 16.0 Å². The van der Waals surface area contributed by atoms with Gasteiger partial charge < -0.3 is 20.7 Å². The highest BCUT2D eigenvalue weighted by molar-refractivity contribution is 6.33. The summed E-state index contributed by atoms with van der Waals surface area (Å²) in [7, 11) is 0. The van der Waals surface area contributed by atoms with Crippen molar-refractivity contribution in [3.8, 4) is 0 Å². The Morgan fingerprint density at radius 2 is 1.62 bits per heavy atom. The maximum absolute atomic E-state index is 12.6. The van der Waals surface area contributed by atoms with Gasteiger partial charge in [-0.25, -0.2) is 4.79 Å². The lowest BCUT2D eigenvalue weighted by Gasteiger charge is -2.23. The van der Waals surface area contributed by atoms with Crippen LogP contribution in [0, 0.1) is 11.8 Å². The first kappa shape index (κ1) is 24.8. The van der Waals surface area contributed by atoms with Crippen LogP contribution in [0.2, 0.25) is 5.02 Å². The fourth-order valence-corrected chi connectivity index (χ4v) is 2.65. The molecule has 0 spiro atoms. The van der Waals surface area contributed by atoms with Crippen molar-refractivity contribution in [1.82, 2.24) is 16.0 Å². The van der Waals surface area contributed by atoms with Crippen LogP contribution >= 0.6 is 11.6 Å². The minimum absolute atomic E-state index is 0.0152. The average molecular weight is 426 g/mol. The summed E-state index contributed by atoms with van der Waals surface area (Å²) in [6.07, 6.45) is -0.497. The molecule has 0 fully saturated rings. The molecular formula is C21H32ClN3O4. The monoisotopic (exact) mass is 425 g/mol. The molecule has 1 aromatic carbocycles. The Hall–Kier alpha value is -2.28. The molecule has 3 N–H and O–H groups in total. The molecule has 0 aromatic heterocycles. The molecule has 1 rings (SSSR count). The van der Waals surface area contributed by atoms with E-state index in [0.717, 1.165) is 0 Å².